The number of fused-ring (bicyclic) bond motifs is 1. The standard InChI is InChI=1S/C16H18N4O2S/c1-10-13-6-11(7-17-14(13)20(3)19-10)15(21)18-9-16(2,22)12-4-5-23-8-12/h4-8,22H,9H2,1-3H3,(H,18,21). The highest BCUT2D eigenvalue weighted by atomic mass is 32.1. The normalized spacial score (nSPS) is 13.9. The van der Waals surface area contributed by atoms with Crippen molar-refractivity contribution in [1.29, 1.82) is 0 Å². The molecule has 0 saturated heterocycles. The van der Waals surface area contributed by atoms with E-state index in [1.807, 2.05) is 30.8 Å². The predicted molar refractivity (Wildman–Crippen MR) is 89.5 cm³/mol. The first-order valence-corrected chi connectivity index (χ1v) is 8.15. The molecule has 120 valence electrons. The van der Waals surface area contributed by atoms with Crippen molar-refractivity contribution < 1.29 is 9.90 Å². The number of carbonyl (C=O) groups is 1. The molecule has 0 aromatic carbocycles. The van der Waals surface area contributed by atoms with E-state index < -0.39 is 5.60 Å². The van der Waals surface area contributed by atoms with Gasteiger partial charge in [-0.1, -0.05) is 0 Å². The van der Waals surface area contributed by atoms with Crippen molar-refractivity contribution in [3.63, 3.8) is 0 Å². The summed E-state index contributed by atoms with van der Waals surface area (Å²) in [5.41, 5.74) is 1.71. The van der Waals surface area contributed by atoms with Crippen LogP contribution in [0.5, 0.6) is 0 Å². The van der Waals surface area contributed by atoms with Gasteiger partial charge < -0.3 is 10.4 Å². The van der Waals surface area contributed by atoms with Crippen molar-refractivity contribution in [3.05, 3.63) is 45.9 Å². The van der Waals surface area contributed by atoms with Gasteiger partial charge in [0.2, 0.25) is 0 Å². The summed E-state index contributed by atoms with van der Waals surface area (Å²) in [6, 6.07) is 3.63. The number of carbonyl (C=O) groups excluding carboxylic acids is 1. The third-order valence-corrected chi connectivity index (χ3v) is 4.54. The first kappa shape index (κ1) is 15.6. The van der Waals surface area contributed by atoms with Crippen LogP contribution in [0.15, 0.2) is 29.1 Å². The van der Waals surface area contributed by atoms with Crippen LogP contribution in [-0.4, -0.2) is 32.3 Å². The van der Waals surface area contributed by atoms with Gasteiger partial charge in [-0.15, -0.1) is 0 Å². The van der Waals surface area contributed by atoms with Crippen LogP contribution >= 0.6 is 11.3 Å². The smallest absolute Gasteiger partial charge is 0.252 e. The molecule has 0 aliphatic rings. The summed E-state index contributed by atoms with van der Waals surface area (Å²) in [6.45, 7) is 3.70. The molecule has 0 saturated carbocycles. The summed E-state index contributed by atoms with van der Waals surface area (Å²) in [5.74, 6) is -0.266. The van der Waals surface area contributed by atoms with Crippen molar-refractivity contribution >= 4 is 28.3 Å². The quantitative estimate of drug-likeness (QED) is 0.766. The molecule has 0 aliphatic carbocycles. The van der Waals surface area contributed by atoms with E-state index in [1.54, 1.807) is 17.7 Å². The number of nitrogens with zero attached hydrogens (tertiary/aromatic N) is 3. The van der Waals surface area contributed by atoms with Crippen molar-refractivity contribution in [3.8, 4) is 0 Å². The molecule has 1 atom stereocenters. The number of hydrogen-bond acceptors (Lipinski definition) is 5. The number of thiophene rings is 1. The van der Waals surface area contributed by atoms with Gasteiger partial charge in [-0.2, -0.15) is 16.4 Å². The van der Waals surface area contributed by atoms with Crippen molar-refractivity contribution in [2.24, 2.45) is 7.05 Å². The van der Waals surface area contributed by atoms with Crippen LogP contribution in [0.4, 0.5) is 0 Å². The van der Waals surface area contributed by atoms with E-state index in [-0.39, 0.29) is 12.5 Å². The summed E-state index contributed by atoms with van der Waals surface area (Å²) in [6.07, 6.45) is 1.53. The minimum Gasteiger partial charge on any atom is -0.384 e. The van der Waals surface area contributed by atoms with Crippen molar-refractivity contribution in [2.45, 2.75) is 19.4 Å². The van der Waals surface area contributed by atoms with E-state index in [4.69, 9.17) is 0 Å². The average Bonchev–Trinajstić information content (AvgIpc) is 3.15. The van der Waals surface area contributed by atoms with Gasteiger partial charge in [0.15, 0.2) is 5.65 Å². The first-order chi connectivity index (χ1) is 10.9. The van der Waals surface area contributed by atoms with Gasteiger partial charge in [0.25, 0.3) is 5.91 Å². The largest absolute Gasteiger partial charge is 0.384 e. The molecular weight excluding hydrogens is 312 g/mol. The SMILES string of the molecule is Cc1nn(C)c2ncc(C(=O)NCC(C)(O)c3ccsc3)cc12. The summed E-state index contributed by atoms with van der Waals surface area (Å²) in [7, 11) is 1.82. The fraction of sp³-hybridized carbons (Fsp3) is 0.312. The number of aromatic nitrogens is 3. The molecule has 3 rings (SSSR count). The Hall–Kier alpha value is -2.25. The van der Waals surface area contributed by atoms with Gasteiger partial charge in [0, 0.05) is 18.6 Å². The predicted octanol–water partition coefficient (Wildman–Crippen LogP) is 1.98. The zero-order valence-electron chi connectivity index (χ0n) is 13.2. The number of hydrogen-bond donors (Lipinski definition) is 2. The number of aliphatic hydroxyl groups is 1. The Kier molecular flexibility index (Phi) is 3.91. The highest BCUT2D eigenvalue weighted by Crippen LogP contribution is 2.22. The molecule has 6 nitrogen and oxygen atoms in total. The molecule has 23 heavy (non-hydrogen) atoms. The lowest BCUT2D eigenvalue weighted by molar-refractivity contribution is 0.0530. The highest BCUT2D eigenvalue weighted by Gasteiger charge is 2.24. The number of nitrogens with one attached hydrogen (secondary N) is 1. The number of rotatable bonds is 4. The summed E-state index contributed by atoms with van der Waals surface area (Å²) < 4.78 is 1.69. The molecule has 3 aromatic heterocycles. The summed E-state index contributed by atoms with van der Waals surface area (Å²) >= 11 is 1.51. The Balaban J connectivity index is 1.77. The lowest BCUT2D eigenvalue weighted by Gasteiger charge is -2.22. The lowest BCUT2D eigenvalue weighted by atomic mass is 9.99. The minimum atomic E-state index is -1.10. The van der Waals surface area contributed by atoms with Crippen LogP contribution in [0.25, 0.3) is 11.0 Å². The molecule has 1 amide bonds. The van der Waals surface area contributed by atoms with Gasteiger partial charge in [0.05, 0.1) is 17.8 Å². The van der Waals surface area contributed by atoms with Gasteiger partial charge in [-0.3, -0.25) is 9.48 Å². The zero-order chi connectivity index (χ0) is 16.6. The second-order valence-electron chi connectivity index (χ2n) is 5.77. The van der Waals surface area contributed by atoms with Crippen LogP contribution in [0, 0.1) is 6.92 Å². The monoisotopic (exact) mass is 330 g/mol. The molecule has 2 N–H and O–H groups in total. The van der Waals surface area contributed by atoms with E-state index in [2.05, 4.69) is 15.4 Å². The average molecular weight is 330 g/mol. The van der Waals surface area contributed by atoms with E-state index in [9.17, 15) is 9.90 Å². The third kappa shape index (κ3) is 2.97. The number of aryl methyl sites for hydroxylation is 2. The molecule has 7 heteroatoms. The second-order valence-corrected chi connectivity index (χ2v) is 6.55. The summed E-state index contributed by atoms with van der Waals surface area (Å²) in [4.78, 5) is 16.6. The Morgan fingerprint density at radius 3 is 3.00 bits per heavy atom. The first-order valence-electron chi connectivity index (χ1n) is 7.21. The Bertz CT molecular complexity index is 852. The van der Waals surface area contributed by atoms with Gasteiger partial charge >= 0.3 is 0 Å². The molecule has 0 fully saturated rings. The molecular formula is C16H18N4O2S. The summed E-state index contributed by atoms with van der Waals surface area (Å²) in [5, 5.41) is 22.1. The molecule has 3 aromatic rings. The van der Waals surface area contributed by atoms with Gasteiger partial charge in [0.1, 0.15) is 5.60 Å². The van der Waals surface area contributed by atoms with Crippen molar-refractivity contribution in [2.75, 3.05) is 6.54 Å². The molecule has 0 spiro atoms. The maximum Gasteiger partial charge on any atom is 0.252 e. The van der Waals surface area contributed by atoms with E-state index in [1.165, 1.54) is 17.5 Å². The Morgan fingerprint density at radius 2 is 2.30 bits per heavy atom. The van der Waals surface area contributed by atoms with E-state index >= 15 is 0 Å². The number of pyridine rings is 1. The molecule has 0 bridgehead atoms. The topological polar surface area (TPSA) is 80.0 Å². The maximum absolute atomic E-state index is 12.3. The van der Waals surface area contributed by atoms with Crippen LogP contribution in [0.2, 0.25) is 0 Å². The van der Waals surface area contributed by atoms with Crippen LogP contribution in [-0.2, 0) is 12.6 Å². The minimum absolute atomic E-state index is 0.132. The Labute approximate surface area is 137 Å². The molecule has 0 aliphatic heterocycles. The van der Waals surface area contributed by atoms with Gasteiger partial charge in [-0.25, -0.2) is 4.98 Å². The third-order valence-electron chi connectivity index (χ3n) is 3.86. The highest BCUT2D eigenvalue weighted by molar-refractivity contribution is 7.08. The van der Waals surface area contributed by atoms with Crippen molar-refractivity contribution in [1.82, 2.24) is 20.1 Å². The van der Waals surface area contributed by atoms with Crippen LogP contribution in [0.3, 0.4) is 0 Å². The Morgan fingerprint density at radius 1 is 1.52 bits per heavy atom. The molecule has 1 unspecified atom stereocenters. The van der Waals surface area contributed by atoms with Crippen LogP contribution < -0.4 is 5.32 Å². The number of amides is 1. The second kappa shape index (κ2) is 5.75. The molecule has 3 heterocycles. The van der Waals surface area contributed by atoms with E-state index in [0.717, 1.165) is 22.3 Å². The zero-order valence-corrected chi connectivity index (χ0v) is 14.0. The molecule has 0 radical (unpaired) electrons. The van der Waals surface area contributed by atoms with Crippen LogP contribution in [0.1, 0.15) is 28.5 Å². The fourth-order valence-electron chi connectivity index (χ4n) is 2.46. The maximum atomic E-state index is 12.3. The lowest BCUT2D eigenvalue weighted by Crippen LogP contribution is -2.38. The fourth-order valence-corrected chi connectivity index (χ4v) is 3.24. The van der Waals surface area contributed by atoms with Gasteiger partial charge in [-0.05, 0) is 42.3 Å². The van der Waals surface area contributed by atoms with E-state index in [0.29, 0.717) is 5.56 Å².